The molecule has 4 unspecified atom stereocenters. The summed E-state index contributed by atoms with van der Waals surface area (Å²) in [6.45, 7) is 1.91. The molecule has 2 fully saturated rings. The minimum Gasteiger partial charge on any atom is -0.409 e. The second kappa shape index (κ2) is 4.94. The second-order valence-electron chi connectivity index (χ2n) is 5.28. The van der Waals surface area contributed by atoms with E-state index in [1.807, 2.05) is 6.92 Å². The van der Waals surface area contributed by atoms with Gasteiger partial charge in [0.25, 0.3) is 0 Å². The van der Waals surface area contributed by atoms with Gasteiger partial charge in [0.05, 0.1) is 6.04 Å². The maximum absolute atomic E-state index is 12.1. The van der Waals surface area contributed by atoms with Crippen molar-refractivity contribution in [3.8, 4) is 0 Å². The standard InChI is InChI=1S/C12H21N3O2/c1-2-10(11(13)15-17)14-12(16)9-6-7-3-4-8(9)5-7/h7-10,17H,2-6H2,1H3,(H2,13,15)(H,14,16). The number of rotatable bonds is 4. The first-order valence-electron chi connectivity index (χ1n) is 6.43. The van der Waals surface area contributed by atoms with Gasteiger partial charge < -0.3 is 16.3 Å². The third kappa shape index (κ3) is 2.37. The van der Waals surface area contributed by atoms with Gasteiger partial charge in [0, 0.05) is 5.92 Å². The second-order valence-corrected chi connectivity index (χ2v) is 5.28. The number of fused-ring (bicyclic) bond motifs is 2. The molecule has 0 aromatic carbocycles. The molecule has 5 nitrogen and oxygen atoms in total. The minimum atomic E-state index is -0.341. The van der Waals surface area contributed by atoms with Crippen LogP contribution in [0.4, 0.5) is 0 Å². The molecule has 4 atom stereocenters. The van der Waals surface area contributed by atoms with E-state index in [2.05, 4.69) is 10.5 Å². The van der Waals surface area contributed by atoms with Crippen LogP contribution in [0.3, 0.4) is 0 Å². The highest BCUT2D eigenvalue weighted by Gasteiger charge is 2.43. The molecule has 0 saturated heterocycles. The van der Waals surface area contributed by atoms with E-state index in [-0.39, 0.29) is 23.7 Å². The molecule has 0 spiro atoms. The highest BCUT2D eigenvalue weighted by molar-refractivity contribution is 5.90. The number of oxime groups is 1. The van der Waals surface area contributed by atoms with E-state index in [0.717, 1.165) is 12.3 Å². The first-order valence-corrected chi connectivity index (χ1v) is 6.43. The van der Waals surface area contributed by atoms with Gasteiger partial charge in [0.2, 0.25) is 5.91 Å². The van der Waals surface area contributed by atoms with Gasteiger partial charge in [0.15, 0.2) is 5.84 Å². The van der Waals surface area contributed by atoms with Crippen LogP contribution < -0.4 is 11.1 Å². The third-order valence-corrected chi connectivity index (χ3v) is 4.27. The molecule has 96 valence electrons. The molecule has 2 bridgehead atoms. The minimum absolute atomic E-state index is 0.0793. The van der Waals surface area contributed by atoms with E-state index >= 15 is 0 Å². The summed E-state index contributed by atoms with van der Waals surface area (Å²) in [5, 5.41) is 14.5. The Morgan fingerprint density at radius 1 is 1.53 bits per heavy atom. The normalized spacial score (nSPS) is 33.7. The Morgan fingerprint density at radius 2 is 2.29 bits per heavy atom. The highest BCUT2D eigenvalue weighted by Crippen LogP contribution is 2.48. The van der Waals surface area contributed by atoms with Gasteiger partial charge in [-0.1, -0.05) is 18.5 Å². The molecular weight excluding hydrogens is 218 g/mol. The Bertz CT molecular complexity index is 330. The summed E-state index contributed by atoms with van der Waals surface area (Å²) in [5.41, 5.74) is 5.54. The largest absolute Gasteiger partial charge is 0.409 e. The number of amides is 1. The summed E-state index contributed by atoms with van der Waals surface area (Å²) in [4.78, 5) is 12.1. The van der Waals surface area contributed by atoms with Crippen LogP contribution in [0.15, 0.2) is 5.16 Å². The zero-order valence-corrected chi connectivity index (χ0v) is 10.2. The number of hydrogen-bond donors (Lipinski definition) is 3. The van der Waals surface area contributed by atoms with Crippen LogP contribution in [-0.2, 0) is 4.79 Å². The predicted molar refractivity (Wildman–Crippen MR) is 64.6 cm³/mol. The number of hydrogen-bond acceptors (Lipinski definition) is 3. The Labute approximate surface area is 101 Å². The molecule has 0 aromatic heterocycles. The van der Waals surface area contributed by atoms with Gasteiger partial charge in [-0.05, 0) is 37.5 Å². The predicted octanol–water partition coefficient (Wildman–Crippen LogP) is 1.06. The van der Waals surface area contributed by atoms with Crippen molar-refractivity contribution in [1.29, 1.82) is 0 Å². The molecule has 4 N–H and O–H groups in total. The van der Waals surface area contributed by atoms with E-state index < -0.39 is 0 Å². The van der Waals surface area contributed by atoms with Crippen LogP contribution in [0.1, 0.15) is 39.0 Å². The van der Waals surface area contributed by atoms with Crippen LogP contribution in [0, 0.1) is 17.8 Å². The topological polar surface area (TPSA) is 87.7 Å². The quantitative estimate of drug-likeness (QED) is 0.297. The number of carbonyl (C=O) groups is 1. The van der Waals surface area contributed by atoms with Gasteiger partial charge in [-0.3, -0.25) is 4.79 Å². The molecular formula is C12H21N3O2. The van der Waals surface area contributed by atoms with Crippen LogP contribution in [0.5, 0.6) is 0 Å². The maximum atomic E-state index is 12.1. The van der Waals surface area contributed by atoms with Crippen LogP contribution in [0.2, 0.25) is 0 Å². The molecule has 5 heteroatoms. The van der Waals surface area contributed by atoms with Crippen molar-refractivity contribution in [1.82, 2.24) is 5.32 Å². The summed E-state index contributed by atoms with van der Waals surface area (Å²) in [6, 6.07) is -0.341. The number of nitrogens with one attached hydrogen (secondary N) is 1. The first-order chi connectivity index (χ1) is 8.15. The highest BCUT2D eigenvalue weighted by atomic mass is 16.4. The Balaban J connectivity index is 1.92. The lowest BCUT2D eigenvalue weighted by Crippen LogP contribution is -2.47. The molecule has 1 amide bonds. The van der Waals surface area contributed by atoms with Crippen molar-refractivity contribution in [2.24, 2.45) is 28.6 Å². The molecule has 0 aromatic rings. The first kappa shape index (κ1) is 12.2. The maximum Gasteiger partial charge on any atom is 0.223 e. The van der Waals surface area contributed by atoms with Crippen molar-refractivity contribution in [3.63, 3.8) is 0 Å². The number of carbonyl (C=O) groups excluding carboxylic acids is 1. The average Bonchev–Trinajstić information content (AvgIpc) is 2.96. The fraction of sp³-hybridized carbons (Fsp3) is 0.833. The van der Waals surface area contributed by atoms with Gasteiger partial charge in [-0.25, -0.2) is 0 Å². The summed E-state index contributed by atoms with van der Waals surface area (Å²) in [5.74, 6) is 1.62. The van der Waals surface area contributed by atoms with Crippen molar-refractivity contribution < 1.29 is 10.0 Å². The SMILES string of the molecule is CCC(NC(=O)C1CC2CCC1C2)/C(N)=N/O. The number of nitrogens with two attached hydrogens (primary N) is 1. The summed E-state index contributed by atoms with van der Waals surface area (Å²) in [7, 11) is 0. The van der Waals surface area contributed by atoms with Crippen LogP contribution in [0.25, 0.3) is 0 Å². The molecule has 2 rings (SSSR count). The lowest BCUT2D eigenvalue weighted by atomic mass is 9.88. The van der Waals surface area contributed by atoms with Crippen LogP contribution in [-0.4, -0.2) is 23.0 Å². The smallest absolute Gasteiger partial charge is 0.223 e. The summed E-state index contributed by atoms with van der Waals surface area (Å²) >= 11 is 0. The fourth-order valence-corrected chi connectivity index (χ4v) is 3.30. The molecule has 0 aliphatic heterocycles. The molecule has 2 aliphatic rings. The van der Waals surface area contributed by atoms with E-state index in [4.69, 9.17) is 10.9 Å². The summed E-state index contributed by atoms with van der Waals surface area (Å²) in [6.07, 6.45) is 5.33. The van der Waals surface area contributed by atoms with E-state index in [1.54, 1.807) is 0 Å². The molecule has 0 radical (unpaired) electrons. The van der Waals surface area contributed by atoms with Crippen molar-refractivity contribution in [3.05, 3.63) is 0 Å². The number of nitrogens with zero attached hydrogens (tertiary/aromatic N) is 1. The Hall–Kier alpha value is -1.26. The average molecular weight is 239 g/mol. The lowest BCUT2D eigenvalue weighted by Gasteiger charge is -2.23. The number of amidine groups is 1. The summed E-state index contributed by atoms with van der Waals surface area (Å²) < 4.78 is 0. The Kier molecular flexibility index (Phi) is 3.54. The fourth-order valence-electron chi connectivity index (χ4n) is 3.30. The van der Waals surface area contributed by atoms with E-state index in [0.29, 0.717) is 12.3 Å². The van der Waals surface area contributed by atoms with Crippen molar-refractivity contribution in [2.45, 2.75) is 45.1 Å². The van der Waals surface area contributed by atoms with Crippen molar-refractivity contribution in [2.75, 3.05) is 0 Å². The molecule has 0 heterocycles. The van der Waals surface area contributed by atoms with Gasteiger partial charge >= 0.3 is 0 Å². The third-order valence-electron chi connectivity index (χ3n) is 4.27. The zero-order valence-electron chi connectivity index (χ0n) is 10.2. The lowest BCUT2D eigenvalue weighted by molar-refractivity contribution is -0.126. The molecule has 17 heavy (non-hydrogen) atoms. The van der Waals surface area contributed by atoms with E-state index in [1.165, 1.54) is 19.3 Å². The van der Waals surface area contributed by atoms with Crippen LogP contribution >= 0.6 is 0 Å². The Morgan fingerprint density at radius 3 is 2.76 bits per heavy atom. The van der Waals surface area contributed by atoms with E-state index in [9.17, 15) is 4.79 Å². The molecule has 2 saturated carbocycles. The molecule has 2 aliphatic carbocycles. The van der Waals surface area contributed by atoms with Gasteiger partial charge in [0.1, 0.15) is 0 Å². The zero-order chi connectivity index (χ0) is 12.4. The monoisotopic (exact) mass is 239 g/mol. The van der Waals surface area contributed by atoms with Gasteiger partial charge in [-0.15, -0.1) is 0 Å². The van der Waals surface area contributed by atoms with Gasteiger partial charge in [-0.2, -0.15) is 0 Å². The van der Waals surface area contributed by atoms with Crippen molar-refractivity contribution >= 4 is 11.7 Å².